The molecule has 0 unspecified atom stereocenters. The molecule has 0 bridgehead atoms. The molecule has 168 valence electrons. The normalized spacial score (nSPS) is 15.0. The lowest BCUT2D eigenvalue weighted by Gasteiger charge is -2.34. The second-order valence-corrected chi connectivity index (χ2v) is 9.49. The minimum atomic E-state index is -3.71. The average molecular weight is 455 g/mol. The molecular weight excluding hydrogens is 428 g/mol. The summed E-state index contributed by atoms with van der Waals surface area (Å²) in [5.41, 5.74) is 2.19. The third kappa shape index (κ3) is 5.37. The van der Waals surface area contributed by atoms with Crippen LogP contribution in [0.5, 0.6) is 0 Å². The Kier molecular flexibility index (Phi) is 6.59. The van der Waals surface area contributed by atoms with Crippen LogP contribution in [-0.2, 0) is 16.6 Å². The molecule has 1 fully saturated rings. The molecule has 0 spiro atoms. The number of likely N-dealkylation sites (N-methyl/N-ethyl adjacent to an activating group) is 1. The van der Waals surface area contributed by atoms with Crippen molar-refractivity contribution in [2.45, 2.75) is 11.4 Å². The summed E-state index contributed by atoms with van der Waals surface area (Å²) in [6.45, 7) is 4.08. The van der Waals surface area contributed by atoms with Crippen LogP contribution in [0, 0.1) is 0 Å². The second kappa shape index (κ2) is 9.56. The van der Waals surface area contributed by atoms with Crippen LogP contribution in [0.15, 0.2) is 76.2 Å². The van der Waals surface area contributed by atoms with Crippen molar-refractivity contribution in [3.05, 3.63) is 78.3 Å². The van der Waals surface area contributed by atoms with Crippen molar-refractivity contribution in [3.63, 3.8) is 0 Å². The molecule has 0 atom stereocenters. The molecule has 3 aromatic rings. The summed E-state index contributed by atoms with van der Waals surface area (Å²) in [7, 11) is -1.59. The van der Waals surface area contributed by atoms with E-state index >= 15 is 0 Å². The number of carbonyl (C=O) groups excluding carboxylic acids is 1. The van der Waals surface area contributed by atoms with Crippen LogP contribution >= 0.6 is 0 Å². The van der Waals surface area contributed by atoms with Crippen LogP contribution in [0.3, 0.4) is 0 Å². The third-order valence-corrected chi connectivity index (χ3v) is 6.85. The highest BCUT2D eigenvalue weighted by atomic mass is 32.2. The minimum Gasteiger partial charge on any atom is -0.468 e. The highest BCUT2D eigenvalue weighted by Crippen LogP contribution is 2.20. The molecule has 2 aromatic carbocycles. The Bertz CT molecular complexity index is 1140. The fourth-order valence-electron chi connectivity index (χ4n) is 3.47. The van der Waals surface area contributed by atoms with Gasteiger partial charge >= 0.3 is 0 Å². The number of anilines is 2. The smallest absolute Gasteiger partial charge is 0.255 e. The monoisotopic (exact) mass is 454 g/mol. The lowest BCUT2D eigenvalue weighted by molar-refractivity contribution is 0.102. The molecule has 2 N–H and O–H groups in total. The van der Waals surface area contributed by atoms with Gasteiger partial charge in [0.1, 0.15) is 5.76 Å². The van der Waals surface area contributed by atoms with E-state index in [1.165, 1.54) is 30.5 Å². The van der Waals surface area contributed by atoms with Gasteiger partial charge in [-0.25, -0.2) is 13.1 Å². The van der Waals surface area contributed by atoms with Gasteiger partial charge in [-0.2, -0.15) is 0 Å². The highest BCUT2D eigenvalue weighted by molar-refractivity contribution is 7.89. The SMILES string of the molecule is CN1CCN(c2ccc(NC(=O)c3ccc(S(=O)(=O)NCc4ccco4)cc3)cc2)CC1. The maximum atomic E-state index is 12.6. The van der Waals surface area contributed by atoms with Gasteiger partial charge in [-0.15, -0.1) is 0 Å². The first-order valence-corrected chi connectivity index (χ1v) is 11.9. The number of nitrogens with one attached hydrogen (secondary N) is 2. The molecule has 1 saturated heterocycles. The van der Waals surface area contributed by atoms with Gasteiger partial charge in [0, 0.05) is 43.1 Å². The number of hydrogen-bond acceptors (Lipinski definition) is 6. The van der Waals surface area contributed by atoms with E-state index in [0.717, 1.165) is 31.9 Å². The summed E-state index contributed by atoms with van der Waals surface area (Å²) in [5, 5.41) is 2.85. The van der Waals surface area contributed by atoms with Gasteiger partial charge in [0.05, 0.1) is 17.7 Å². The Morgan fingerprint density at radius 1 is 0.969 bits per heavy atom. The lowest BCUT2D eigenvalue weighted by atomic mass is 10.2. The zero-order valence-electron chi connectivity index (χ0n) is 17.8. The van der Waals surface area contributed by atoms with Crippen LogP contribution in [-0.4, -0.2) is 52.5 Å². The van der Waals surface area contributed by atoms with Crippen molar-refractivity contribution in [1.29, 1.82) is 0 Å². The number of sulfonamides is 1. The quantitative estimate of drug-likeness (QED) is 0.570. The summed E-state index contributed by atoms with van der Waals surface area (Å²) >= 11 is 0. The summed E-state index contributed by atoms with van der Waals surface area (Å²) in [4.78, 5) is 17.3. The Labute approximate surface area is 187 Å². The van der Waals surface area contributed by atoms with Crippen LogP contribution in [0.1, 0.15) is 16.1 Å². The number of carbonyl (C=O) groups is 1. The number of amides is 1. The minimum absolute atomic E-state index is 0.0572. The number of hydrogen-bond donors (Lipinski definition) is 2. The zero-order valence-corrected chi connectivity index (χ0v) is 18.6. The molecule has 8 nitrogen and oxygen atoms in total. The predicted molar refractivity (Wildman–Crippen MR) is 123 cm³/mol. The standard InChI is InChI=1S/C23H26N4O4S/c1-26-12-14-27(15-13-26)20-8-6-19(7-9-20)25-23(28)18-4-10-22(11-5-18)32(29,30)24-17-21-3-2-16-31-21/h2-11,16,24H,12-15,17H2,1H3,(H,25,28). The first-order valence-electron chi connectivity index (χ1n) is 10.4. The zero-order chi connectivity index (χ0) is 22.6. The van der Waals surface area contributed by atoms with Crippen molar-refractivity contribution in [2.24, 2.45) is 0 Å². The van der Waals surface area contributed by atoms with E-state index in [1.54, 1.807) is 12.1 Å². The molecule has 0 saturated carbocycles. The molecule has 0 radical (unpaired) electrons. The van der Waals surface area contributed by atoms with Gasteiger partial charge in [0.15, 0.2) is 0 Å². The van der Waals surface area contributed by atoms with Gasteiger partial charge in [0.25, 0.3) is 5.91 Å². The first-order chi connectivity index (χ1) is 15.4. The average Bonchev–Trinajstić information content (AvgIpc) is 3.33. The molecule has 32 heavy (non-hydrogen) atoms. The van der Waals surface area contributed by atoms with Gasteiger partial charge in [-0.1, -0.05) is 0 Å². The maximum Gasteiger partial charge on any atom is 0.255 e. The van der Waals surface area contributed by atoms with E-state index in [2.05, 4.69) is 26.9 Å². The second-order valence-electron chi connectivity index (χ2n) is 7.72. The van der Waals surface area contributed by atoms with E-state index in [0.29, 0.717) is 17.0 Å². The van der Waals surface area contributed by atoms with Crippen molar-refractivity contribution < 1.29 is 17.6 Å². The van der Waals surface area contributed by atoms with Crippen LogP contribution in [0.25, 0.3) is 0 Å². The Morgan fingerprint density at radius 3 is 2.28 bits per heavy atom. The maximum absolute atomic E-state index is 12.6. The summed E-state index contributed by atoms with van der Waals surface area (Å²) in [6.07, 6.45) is 1.48. The highest BCUT2D eigenvalue weighted by Gasteiger charge is 2.16. The van der Waals surface area contributed by atoms with Crippen LogP contribution in [0.2, 0.25) is 0 Å². The summed E-state index contributed by atoms with van der Waals surface area (Å²) in [5.74, 6) is 0.216. The topological polar surface area (TPSA) is 94.9 Å². The molecular formula is C23H26N4O4S. The molecule has 1 aliphatic heterocycles. The van der Waals surface area contributed by atoms with Crippen molar-refractivity contribution in [2.75, 3.05) is 43.4 Å². The molecule has 1 amide bonds. The largest absolute Gasteiger partial charge is 0.468 e. The Morgan fingerprint density at radius 2 is 1.66 bits per heavy atom. The number of furan rings is 1. The van der Waals surface area contributed by atoms with Crippen molar-refractivity contribution >= 4 is 27.3 Å². The summed E-state index contributed by atoms with van der Waals surface area (Å²) in [6, 6.07) is 17.0. The molecule has 1 aromatic heterocycles. The van der Waals surface area contributed by atoms with E-state index in [9.17, 15) is 13.2 Å². The first kappa shape index (κ1) is 22.1. The van der Waals surface area contributed by atoms with E-state index in [-0.39, 0.29) is 17.3 Å². The predicted octanol–water partition coefficient (Wildman–Crippen LogP) is 2.76. The van der Waals surface area contributed by atoms with Crippen LogP contribution in [0.4, 0.5) is 11.4 Å². The number of nitrogens with zero attached hydrogens (tertiary/aromatic N) is 2. The van der Waals surface area contributed by atoms with Gasteiger partial charge < -0.3 is 19.5 Å². The number of piperazine rings is 1. The van der Waals surface area contributed by atoms with Crippen LogP contribution < -0.4 is 14.9 Å². The fourth-order valence-corrected chi connectivity index (χ4v) is 4.46. The lowest BCUT2D eigenvalue weighted by Crippen LogP contribution is -2.44. The Balaban J connectivity index is 1.35. The van der Waals surface area contributed by atoms with E-state index in [4.69, 9.17) is 4.42 Å². The molecule has 9 heteroatoms. The molecule has 2 heterocycles. The van der Waals surface area contributed by atoms with Crippen molar-refractivity contribution in [1.82, 2.24) is 9.62 Å². The molecule has 0 aliphatic carbocycles. The van der Waals surface area contributed by atoms with Gasteiger partial charge in [0.2, 0.25) is 10.0 Å². The van der Waals surface area contributed by atoms with E-state index < -0.39 is 10.0 Å². The van der Waals surface area contributed by atoms with Gasteiger partial charge in [-0.3, -0.25) is 4.79 Å². The fraction of sp³-hybridized carbons (Fsp3) is 0.261. The molecule has 4 rings (SSSR count). The van der Waals surface area contributed by atoms with Crippen molar-refractivity contribution in [3.8, 4) is 0 Å². The Hall–Kier alpha value is -3.14. The molecule has 1 aliphatic rings. The third-order valence-electron chi connectivity index (χ3n) is 5.44. The summed E-state index contributed by atoms with van der Waals surface area (Å²) < 4.78 is 32.4. The number of benzene rings is 2. The van der Waals surface area contributed by atoms with E-state index in [1.807, 2.05) is 24.3 Å². The number of rotatable bonds is 7. The van der Waals surface area contributed by atoms with Gasteiger partial charge in [-0.05, 0) is 67.7 Å².